The Morgan fingerprint density at radius 1 is 1.14 bits per heavy atom. The van der Waals surface area contributed by atoms with Crippen LogP contribution in [0.15, 0.2) is 24.3 Å². The maximum Gasteiger partial charge on any atom is 0.328 e. The molecule has 154 valence electrons. The van der Waals surface area contributed by atoms with Crippen molar-refractivity contribution >= 4 is 23.6 Å². The number of carbonyl (C=O) groups is 3. The standard InChI is InChI=1S/C20H30N4O4/c1-3-28-19(26)18(5-4-12-21-14(2)25)24-20(27)22-13-15-6-8-16(9-7-15)23-17-10-11-17/h6-9,17-18,23H,3-5,10-13H2,1-2H3,(H,21,25)(H2,22,24,27). The lowest BCUT2D eigenvalue weighted by Gasteiger charge is -2.18. The molecule has 1 aliphatic rings. The molecule has 0 aliphatic heterocycles. The van der Waals surface area contributed by atoms with Crippen LogP contribution in [0.25, 0.3) is 0 Å². The summed E-state index contributed by atoms with van der Waals surface area (Å²) in [5.41, 5.74) is 2.05. The van der Waals surface area contributed by atoms with Crippen molar-refractivity contribution in [2.75, 3.05) is 18.5 Å². The van der Waals surface area contributed by atoms with Gasteiger partial charge in [0.2, 0.25) is 5.91 Å². The molecule has 8 nitrogen and oxygen atoms in total. The van der Waals surface area contributed by atoms with E-state index in [0.29, 0.717) is 32.0 Å². The quantitative estimate of drug-likeness (QED) is 0.341. The fraction of sp³-hybridized carbons (Fsp3) is 0.550. The van der Waals surface area contributed by atoms with Crippen LogP contribution in [0, 0.1) is 0 Å². The second kappa shape index (κ2) is 11.2. The van der Waals surface area contributed by atoms with E-state index in [2.05, 4.69) is 21.3 Å². The van der Waals surface area contributed by atoms with Gasteiger partial charge in [-0.25, -0.2) is 9.59 Å². The van der Waals surface area contributed by atoms with E-state index < -0.39 is 18.0 Å². The molecular weight excluding hydrogens is 360 g/mol. The number of benzene rings is 1. The Labute approximate surface area is 165 Å². The smallest absolute Gasteiger partial charge is 0.328 e. The van der Waals surface area contributed by atoms with Crippen molar-refractivity contribution in [1.29, 1.82) is 0 Å². The Kier molecular flexibility index (Phi) is 8.58. The number of esters is 1. The van der Waals surface area contributed by atoms with E-state index in [1.807, 2.05) is 24.3 Å². The van der Waals surface area contributed by atoms with Gasteiger partial charge in [-0.15, -0.1) is 0 Å². The average Bonchev–Trinajstić information content (AvgIpc) is 3.47. The van der Waals surface area contributed by atoms with Crippen LogP contribution in [0.3, 0.4) is 0 Å². The summed E-state index contributed by atoms with van der Waals surface area (Å²) in [6.07, 6.45) is 3.37. The third-order valence-corrected chi connectivity index (χ3v) is 4.28. The predicted octanol–water partition coefficient (Wildman–Crippen LogP) is 1.91. The molecule has 0 radical (unpaired) electrons. The Morgan fingerprint density at radius 3 is 2.46 bits per heavy atom. The van der Waals surface area contributed by atoms with E-state index in [9.17, 15) is 14.4 Å². The largest absolute Gasteiger partial charge is 0.464 e. The first-order valence-corrected chi connectivity index (χ1v) is 9.79. The van der Waals surface area contributed by atoms with Gasteiger partial charge in [0.05, 0.1) is 6.61 Å². The van der Waals surface area contributed by atoms with Crippen LogP contribution in [0.1, 0.15) is 45.1 Å². The van der Waals surface area contributed by atoms with Gasteiger partial charge >= 0.3 is 12.0 Å². The van der Waals surface area contributed by atoms with Gasteiger partial charge in [-0.2, -0.15) is 0 Å². The molecule has 1 fully saturated rings. The van der Waals surface area contributed by atoms with Crippen molar-refractivity contribution in [1.82, 2.24) is 16.0 Å². The first kappa shape index (κ1) is 21.5. The number of amides is 3. The molecule has 8 heteroatoms. The van der Waals surface area contributed by atoms with Crippen LogP contribution in [-0.2, 0) is 20.9 Å². The van der Waals surface area contributed by atoms with E-state index >= 15 is 0 Å². The molecule has 1 aliphatic carbocycles. The third-order valence-electron chi connectivity index (χ3n) is 4.28. The molecule has 0 aromatic heterocycles. The molecule has 1 saturated carbocycles. The Bertz CT molecular complexity index is 659. The van der Waals surface area contributed by atoms with Crippen LogP contribution >= 0.6 is 0 Å². The highest BCUT2D eigenvalue weighted by atomic mass is 16.5. The van der Waals surface area contributed by atoms with Crippen molar-refractivity contribution < 1.29 is 19.1 Å². The number of nitrogens with one attached hydrogen (secondary N) is 4. The fourth-order valence-electron chi connectivity index (χ4n) is 2.64. The lowest BCUT2D eigenvalue weighted by Crippen LogP contribution is -2.46. The van der Waals surface area contributed by atoms with Crippen molar-refractivity contribution in [3.63, 3.8) is 0 Å². The summed E-state index contributed by atoms with van der Waals surface area (Å²) in [6.45, 7) is 4.19. The van der Waals surface area contributed by atoms with Crippen LogP contribution in [-0.4, -0.2) is 43.1 Å². The molecule has 1 atom stereocenters. The maximum absolute atomic E-state index is 12.2. The van der Waals surface area contributed by atoms with Gasteiger partial charge in [0, 0.05) is 31.7 Å². The zero-order chi connectivity index (χ0) is 20.4. The van der Waals surface area contributed by atoms with Crippen molar-refractivity contribution in [3.05, 3.63) is 29.8 Å². The molecule has 1 aromatic rings. The summed E-state index contributed by atoms with van der Waals surface area (Å²) in [4.78, 5) is 35.2. The van der Waals surface area contributed by atoms with E-state index in [-0.39, 0.29) is 12.5 Å². The van der Waals surface area contributed by atoms with E-state index in [4.69, 9.17) is 4.74 Å². The summed E-state index contributed by atoms with van der Waals surface area (Å²) in [7, 11) is 0. The summed E-state index contributed by atoms with van der Waals surface area (Å²) in [5, 5.41) is 11.5. The number of rotatable bonds is 11. The zero-order valence-corrected chi connectivity index (χ0v) is 16.5. The zero-order valence-electron chi connectivity index (χ0n) is 16.5. The Morgan fingerprint density at radius 2 is 1.86 bits per heavy atom. The second-order valence-corrected chi connectivity index (χ2v) is 6.87. The first-order chi connectivity index (χ1) is 13.5. The Balaban J connectivity index is 1.76. The minimum Gasteiger partial charge on any atom is -0.464 e. The molecule has 0 spiro atoms. The van der Waals surface area contributed by atoms with Gasteiger partial charge in [-0.05, 0) is 50.3 Å². The van der Waals surface area contributed by atoms with Crippen molar-refractivity contribution in [3.8, 4) is 0 Å². The topological polar surface area (TPSA) is 109 Å². The number of anilines is 1. The SMILES string of the molecule is CCOC(=O)C(CCCNC(C)=O)NC(=O)NCc1ccc(NC2CC2)cc1. The predicted molar refractivity (Wildman–Crippen MR) is 107 cm³/mol. The summed E-state index contributed by atoms with van der Waals surface area (Å²) in [5.74, 6) is -0.604. The van der Waals surface area contributed by atoms with Crippen molar-refractivity contribution in [2.24, 2.45) is 0 Å². The molecule has 28 heavy (non-hydrogen) atoms. The second-order valence-electron chi connectivity index (χ2n) is 6.87. The first-order valence-electron chi connectivity index (χ1n) is 9.79. The molecule has 2 rings (SSSR count). The number of urea groups is 1. The number of hydrogen-bond donors (Lipinski definition) is 4. The van der Waals surface area contributed by atoms with Crippen molar-refractivity contribution in [2.45, 2.75) is 58.2 Å². The summed E-state index contributed by atoms with van der Waals surface area (Å²) in [6, 6.07) is 7.33. The normalized spacial score (nSPS) is 13.9. The summed E-state index contributed by atoms with van der Waals surface area (Å²) < 4.78 is 5.02. The van der Waals surface area contributed by atoms with Crippen LogP contribution < -0.4 is 21.3 Å². The van der Waals surface area contributed by atoms with Crippen LogP contribution in [0.4, 0.5) is 10.5 Å². The highest BCUT2D eigenvalue weighted by Gasteiger charge is 2.22. The molecule has 0 saturated heterocycles. The number of carbonyl (C=O) groups excluding carboxylic acids is 3. The molecule has 0 bridgehead atoms. The van der Waals surface area contributed by atoms with Gasteiger partial charge in [-0.3, -0.25) is 4.79 Å². The Hall–Kier alpha value is -2.77. The number of ether oxygens (including phenoxy) is 1. The lowest BCUT2D eigenvalue weighted by atomic mass is 10.1. The minimum absolute atomic E-state index is 0.128. The molecule has 3 amide bonds. The van der Waals surface area contributed by atoms with Crippen LogP contribution in [0.5, 0.6) is 0 Å². The number of hydrogen-bond acceptors (Lipinski definition) is 5. The van der Waals surface area contributed by atoms with Crippen LogP contribution in [0.2, 0.25) is 0 Å². The molecule has 0 heterocycles. The van der Waals surface area contributed by atoms with E-state index in [0.717, 1.165) is 11.3 Å². The third kappa shape index (κ3) is 8.28. The van der Waals surface area contributed by atoms with Gasteiger partial charge in [0.1, 0.15) is 6.04 Å². The molecule has 1 unspecified atom stereocenters. The molecule has 1 aromatic carbocycles. The summed E-state index contributed by atoms with van der Waals surface area (Å²) >= 11 is 0. The van der Waals surface area contributed by atoms with Gasteiger partial charge < -0.3 is 26.0 Å². The molecule has 4 N–H and O–H groups in total. The van der Waals surface area contributed by atoms with E-state index in [1.165, 1.54) is 19.8 Å². The maximum atomic E-state index is 12.2. The minimum atomic E-state index is -0.751. The van der Waals surface area contributed by atoms with E-state index in [1.54, 1.807) is 6.92 Å². The monoisotopic (exact) mass is 390 g/mol. The van der Waals surface area contributed by atoms with Gasteiger partial charge in [0.15, 0.2) is 0 Å². The lowest BCUT2D eigenvalue weighted by molar-refractivity contribution is -0.145. The van der Waals surface area contributed by atoms with Gasteiger partial charge in [-0.1, -0.05) is 12.1 Å². The molecular formula is C20H30N4O4. The van der Waals surface area contributed by atoms with Gasteiger partial charge in [0.25, 0.3) is 0 Å². The average molecular weight is 390 g/mol. The highest BCUT2D eigenvalue weighted by Crippen LogP contribution is 2.24. The fourth-order valence-corrected chi connectivity index (χ4v) is 2.64. The highest BCUT2D eigenvalue weighted by molar-refractivity contribution is 5.83.